The number of rotatable bonds is 4. The van der Waals surface area contributed by atoms with Gasteiger partial charge in [0.05, 0.1) is 32.0 Å². The van der Waals surface area contributed by atoms with E-state index in [9.17, 15) is 4.79 Å². The lowest BCUT2D eigenvalue weighted by Gasteiger charge is -2.28. The van der Waals surface area contributed by atoms with Crippen molar-refractivity contribution in [3.63, 3.8) is 0 Å². The van der Waals surface area contributed by atoms with E-state index in [1.165, 1.54) is 0 Å². The Morgan fingerprint density at radius 2 is 2.09 bits per heavy atom. The van der Waals surface area contributed by atoms with E-state index in [1.807, 2.05) is 15.8 Å². The van der Waals surface area contributed by atoms with E-state index in [0.717, 1.165) is 13.1 Å². The molecule has 8 heteroatoms. The summed E-state index contributed by atoms with van der Waals surface area (Å²) in [6, 6.07) is 0.564. The van der Waals surface area contributed by atoms with Crippen LogP contribution in [0.25, 0.3) is 0 Å². The third kappa shape index (κ3) is 3.29. The van der Waals surface area contributed by atoms with Crippen molar-refractivity contribution in [2.75, 3.05) is 60.0 Å². The Bertz CT molecular complexity index is 486. The lowest BCUT2D eigenvalue weighted by molar-refractivity contribution is -0.136. The molecule has 0 saturated carbocycles. The van der Waals surface area contributed by atoms with Crippen LogP contribution in [0.3, 0.4) is 0 Å². The molecule has 1 aromatic rings. The van der Waals surface area contributed by atoms with Crippen molar-refractivity contribution in [3.05, 3.63) is 12.4 Å². The number of aromatic nitrogens is 3. The van der Waals surface area contributed by atoms with Gasteiger partial charge in [-0.2, -0.15) is 0 Å². The van der Waals surface area contributed by atoms with Crippen molar-refractivity contribution in [1.29, 1.82) is 0 Å². The van der Waals surface area contributed by atoms with Gasteiger partial charge in [0.1, 0.15) is 0 Å². The minimum absolute atomic E-state index is 0.194. The molecule has 2 saturated heterocycles. The summed E-state index contributed by atoms with van der Waals surface area (Å²) in [7, 11) is 4.14. The van der Waals surface area contributed by atoms with Gasteiger partial charge < -0.3 is 14.5 Å². The van der Waals surface area contributed by atoms with E-state index < -0.39 is 0 Å². The molecule has 0 bridgehead atoms. The van der Waals surface area contributed by atoms with Gasteiger partial charge in [-0.25, -0.2) is 4.68 Å². The molecule has 22 heavy (non-hydrogen) atoms. The summed E-state index contributed by atoms with van der Waals surface area (Å²) in [6.45, 7) is 4.86. The Morgan fingerprint density at radius 3 is 2.73 bits per heavy atom. The van der Waals surface area contributed by atoms with Crippen molar-refractivity contribution in [2.45, 2.75) is 12.1 Å². The standard InChI is InChI=1S/C14H24N6O2/c1-17(2)12-9-18(10-13(12)20-4-3-15-16-20)11-14(21)19-5-7-22-8-6-19/h3-4,12-13H,5-11H2,1-2H3/t12-,13+/m1/s1. The number of likely N-dealkylation sites (tertiary alicyclic amines) is 1. The maximum Gasteiger partial charge on any atom is 0.236 e. The lowest BCUT2D eigenvalue weighted by Crippen LogP contribution is -2.45. The summed E-state index contributed by atoms with van der Waals surface area (Å²) >= 11 is 0. The SMILES string of the molecule is CN(C)[C@@H]1CN(CC(=O)N2CCOCC2)C[C@@H]1n1ccnn1. The monoisotopic (exact) mass is 308 g/mol. The number of carbonyl (C=O) groups is 1. The summed E-state index contributed by atoms with van der Waals surface area (Å²) < 4.78 is 7.21. The highest BCUT2D eigenvalue weighted by atomic mass is 16.5. The first-order valence-electron chi connectivity index (χ1n) is 7.75. The first-order valence-corrected chi connectivity index (χ1v) is 7.75. The highest BCUT2D eigenvalue weighted by Gasteiger charge is 2.37. The Morgan fingerprint density at radius 1 is 1.32 bits per heavy atom. The van der Waals surface area contributed by atoms with E-state index >= 15 is 0 Å². The summed E-state index contributed by atoms with van der Waals surface area (Å²) in [5.41, 5.74) is 0. The minimum Gasteiger partial charge on any atom is -0.378 e. The molecular formula is C14H24N6O2. The fraction of sp³-hybridized carbons (Fsp3) is 0.786. The van der Waals surface area contributed by atoms with Crippen LogP contribution in [0.5, 0.6) is 0 Å². The van der Waals surface area contributed by atoms with Gasteiger partial charge in [-0.05, 0) is 14.1 Å². The molecule has 1 amide bonds. The van der Waals surface area contributed by atoms with Crippen LogP contribution >= 0.6 is 0 Å². The number of nitrogens with zero attached hydrogens (tertiary/aromatic N) is 6. The fourth-order valence-electron chi connectivity index (χ4n) is 3.24. The summed E-state index contributed by atoms with van der Waals surface area (Å²) in [5, 5.41) is 8.04. The largest absolute Gasteiger partial charge is 0.378 e. The third-order valence-corrected chi connectivity index (χ3v) is 4.50. The van der Waals surface area contributed by atoms with Gasteiger partial charge in [0.2, 0.25) is 5.91 Å². The first kappa shape index (κ1) is 15.4. The lowest BCUT2D eigenvalue weighted by atomic mass is 10.1. The van der Waals surface area contributed by atoms with Gasteiger partial charge in [-0.15, -0.1) is 5.10 Å². The van der Waals surface area contributed by atoms with Crippen LogP contribution in [0.4, 0.5) is 0 Å². The van der Waals surface area contributed by atoms with E-state index in [4.69, 9.17) is 4.74 Å². The second-order valence-electron chi connectivity index (χ2n) is 6.17. The van der Waals surface area contributed by atoms with Crippen LogP contribution in [-0.2, 0) is 9.53 Å². The van der Waals surface area contributed by atoms with Gasteiger partial charge in [0.15, 0.2) is 0 Å². The average Bonchev–Trinajstić information content (AvgIpc) is 3.16. The van der Waals surface area contributed by atoms with Gasteiger partial charge in [-0.1, -0.05) is 5.21 Å². The zero-order valence-electron chi connectivity index (χ0n) is 13.3. The van der Waals surface area contributed by atoms with Crippen LogP contribution in [-0.4, -0.2) is 102 Å². The number of ether oxygens (including phenoxy) is 1. The molecular weight excluding hydrogens is 284 g/mol. The van der Waals surface area contributed by atoms with Crippen molar-refractivity contribution >= 4 is 5.91 Å². The maximum atomic E-state index is 12.4. The van der Waals surface area contributed by atoms with E-state index in [1.54, 1.807) is 6.20 Å². The van der Waals surface area contributed by atoms with Crippen molar-refractivity contribution in [2.24, 2.45) is 0 Å². The summed E-state index contributed by atoms with van der Waals surface area (Å²) in [5.74, 6) is 0.194. The predicted molar refractivity (Wildman–Crippen MR) is 80.4 cm³/mol. The highest BCUT2D eigenvalue weighted by Crippen LogP contribution is 2.24. The highest BCUT2D eigenvalue weighted by molar-refractivity contribution is 5.78. The molecule has 2 aliphatic rings. The number of morpholine rings is 1. The minimum atomic E-state index is 0.194. The molecule has 2 fully saturated rings. The Labute approximate surface area is 130 Å². The molecule has 2 aliphatic heterocycles. The van der Waals surface area contributed by atoms with E-state index in [0.29, 0.717) is 38.9 Å². The molecule has 0 N–H and O–H groups in total. The second kappa shape index (κ2) is 6.72. The maximum absolute atomic E-state index is 12.4. The smallest absolute Gasteiger partial charge is 0.236 e. The average molecular weight is 308 g/mol. The third-order valence-electron chi connectivity index (χ3n) is 4.50. The topological polar surface area (TPSA) is 66.7 Å². The molecule has 3 rings (SSSR count). The zero-order valence-corrected chi connectivity index (χ0v) is 13.3. The second-order valence-corrected chi connectivity index (χ2v) is 6.17. The normalized spacial score (nSPS) is 26.8. The van der Waals surface area contributed by atoms with Gasteiger partial charge in [-0.3, -0.25) is 9.69 Å². The molecule has 2 atom stereocenters. The molecule has 0 radical (unpaired) electrons. The Kier molecular flexibility index (Phi) is 4.70. The fourth-order valence-corrected chi connectivity index (χ4v) is 3.24. The molecule has 0 unspecified atom stereocenters. The van der Waals surface area contributed by atoms with E-state index in [-0.39, 0.29) is 11.9 Å². The Hall–Kier alpha value is -1.51. The first-order chi connectivity index (χ1) is 10.6. The molecule has 1 aromatic heterocycles. The molecule has 0 aliphatic carbocycles. The van der Waals surface area contributed by atoms with Gasteiger partial charge in [0, 0.05) is 38.4 Å². The molecule has 122 valence electrons. The number of likely N-dealkylation sites (N-methyl/N-ethyl adjacent to an activating group) is 1. The van der Waals surface area contributed by atoms with Crippen LogP contribution in [0.2, 0.25) is 0 Å². The van der Waals surface area contributed by atoms with Crippen LogP contribution < -0.4 is 0 Å². The molecule has 0 spiro atoms. The van der Waals surface area contributed by atoms with E-state index in [2.05, 4.69) is 34.2 Å². The quantitative estimate of drug-likeness (QED) is 0.705. The molecule has 0 aromatic carbocycles. The zero-order chi connectivity index (χ0) is 15.5. The molecule has 8 nitrogen and oxygen atoms in total. The number of hydrogen-bond donors (Lipinski definition) is 0. The Balaban J connectivity index is 1.62. The summed E-state index contributed by atoms with van der Waals surface area (Å²) in [6.07, 6.45) is 3.60. The van der Waals surface area contributed by atoms with Crippen molar-refractivity contribution < 1.29 is 9.53 Å². The van der Waals surface area contributed by atoms with Gasteiger partial charge in [0.25, 0.3) is 0 Å². The predicted octanol–water partition coefficient (Wildman–Crippen LogP) is -1.08. The van der Waals surface area contributed by atoms with Crippen LogP contribution in [0.15, 0.2) is 12.4 Å². The number of amides is 1. The number of hydrogen-bond acceptors (Lipinski definition) is 6. The van der Waals surface area contributed by atoms with Gasteiger partial charge >= 0.3 is 0 Å². The summed E-state index contributed by atoms with van der Waals surface area (Å²) in [4.78, 5) is 18.7. The van der Waals surface area contributed by atoms with Crippen molar-refractivity contribution in [1.82, 2.24) is 29.7 Å². The van der Waals surface area contributed by atoms with Crippen LogP contribution in [0.1, 0.15) is 6.04 Å². The van der Waals surface area contributed by atoms with Crippen molar-refractivity contribution in [3.8, 4) is 0 Å². The molecule has 3 heterocycles. The number of carbonyl (C=O) groups excluding carboxylic acids is 1. The van der Waals surface area contributed by atoms with Crippen LogP contribution in [0, 0.1) is 0 Å².